The summed E-state index contributed by atoms with van der Waals surface area (Å²) in [4.78, 5) is 22.2. The number of hydrogen-bond acceptors (Lipinski definition) is 6. The van der Waals surface area contributed by atoms with Crippen LogP contribution in [0.2, 0.25) is 0 Å². The van der Waals surface area contributed by atoms with Crippen molar-refractivity contribution in [3.8, 4) is 17.0 Å². The quantitative estimate of drug-likeness (QED) is 0.587. The highest BCUT2D eigenvalue weighted by atomic mass is 32.1. The molecule has 0 atom stereocenters. The fourth-order valence-electron chi connectivity index (χ4n) is 2.44. The van der Waals surface area contributed by atoms with E-state index in [1.807, 2.05) is 42.8 Å². The minimum absolute atomic E-state index is 0.199. The maximum atomic E-state index is 12.5. The molecule has 0 unspecified atom stereocenters. The van der Waals surface area contributed by atoms with Gasteiger partial charge in [-0.3, -0.25) is 14.5 Å². The van der Waals surface area contributed by atoms with Crippen LogP contribution in [0.25, 0.3) is 16.2 Å². The number of hydrogen-bond donors (Lipinski definition) is 1. The van der Waals surface area contributed by atoms with Crippen LogP contribution in [-0.2, 0) is 0 Å². The molecule has 4 aromatic rings. The molecule has 4 rings (SSSR count). The van der Waals surface area contributed by atoms with Crippen molar-refractivity contribution in [1.82, 2.24) is 14.4 Å². The molecule has 0 aliphatic rings. The minimum Gasteiger partial charge on any atom is -0.497 e. The molecule has 0 saturated heterocycles. The normalized spacial score (nSPS) is 11.0. The Morgan fingerprint density at radius 3 is 2.88 bits per heavy atom. The number of rotatable bonds is 4. The molecule has 3 aromatic heterocycles. The summed E-state index contributed by atoms with van der Waals surface area (Å²) in [6, 6.07) is 7.69. The van der Waals surface area contributed by atoms with Crippen LogP contribution >= 0.6 is 22.7 Å². The van der Waals surface area contributed by atoms with Crippen LogP contribution in [0.4, 0.5) is 5.13 Å². The number of nitrogens with one attached hydrogen (secondary N) is 1. The van der Waals surface area contributed by atoms with Crippen molar-refractivity contribution in [2.75, 3.05) is 12.4 Å². The van der Waals surface area contributed by atoms with E-state index in [1.165, 1.54) is 22.7 Å². The molecule has 3 heterocycles. The zero-order valence-corrected chi connectivity index (χ0v) is 15.1. The largest absolute Gasteiger partial charge is 0.497 e. The van der Waals surface area contributed by atoms with Gasteiger partial charge in [0.15, 0.2) is 10.1 Å². The first-order valence-electron chi connectivity index (χ1n) is 7.48. The Kier molecular flexibility index (Phi) is 3.98. The number of aromatic nitrogens is 3. The van der Waals surface area contributed by atoms with Gasteiger partial charge in [0.1, 0.15) is 11.4 Å². The van der Waals surface area contributed by atoms with Gasteiger partial charge in [0.25, 0.3) is 5.91 Å². The molecular formula is C17H14N4O2S2. The molecule has 0 fully saturated rings. The predicted octanol–water partition coefficient (Wildman–Crippen LogP) is 4.09. The van der Waals surface area contributed by atoms with Crippen molar-refractivity contribution in [2.45, 2.75) is 6.92 Å². The van der Waals surface area contributed by atoms with Crippen LogP contribution in [0.1, 0.15) is 16.2 Å². The summed E-state index contributed by atoms with van der Waals surface area (Å²) in [5.74, 6) is 0.571. The van der Waals surface area contributed by atoms with Gasteiger partial charge in [-0.05, 0) is 19.1 Å². The first-order chi connectivity index (χ1) is 12.1. The molecule has 0 bridgehead atoms. The summed E-state index contributed by atoms with van der Waals surface area (Å²) < 4.78 is 7.06. The van der Waals surface area contributed by atoms with Crippen LogP contribution in [0, 0.1) is 6.92 Å². The van der Waals surface area contributed by atoms with Crippen molar-refractivity contribution in [1.29, 1.82) is 0 Å². The van der Waals surface area contributed by atoms with Crippen LogP contribution in [0.5, 0.6) is 5.75 Å². The number of amides is 1. The number of methoxy groups -OCH3 is 1. The van der Waals surface area contributed by atoms with Gasteiger partial charge in [-0.1, -0.05) is 12.1 Å². The second-order valence-electron chi connectivity index (χ2n) is 5.38. The van der Waals surface area contributed by atoms with Crippen LogP contribution < -0.4 is 10.1 Å². The van der Waals surface area contributed by atoms with E-state index in [0.717, 1.165) is 27.7 Å². The molecule has 0 aliphatic carbocycles. The van der Waals surface area contributed by atoms with Crippen molar-refractivity contribution >= 4 is 38.7 Å². The van der Waals surface area contributed by atoms with Crippen LogP contribution in [0.15, 0.2) is 41.2 Å². The number of carbonyl (C=O) groups is 1. The molecule has 126 valence electrons. The Labute approximate surface area is 151 Å². The third-order valence-corrected chi connectivity index (χ3v) is 5.36. The Morgan fingerprint density at radius 2 is 2.12 bits per heavy atom. The molecule has 0 aliphatic heterocycles. The summed E-state index contributed by atoms with van der Waals surface area (Å²) in [5, 5.41) is 7.12. The Bertz CT molecular complexity index is 1060. The van der Waals surface area contributed by atoms with Gasteiger partial charge in [0.05, 0.1) is 18.5 Å². The average Bonchev–Trinajstić information content (AvgIpc) is 3.30. The van der Waals surface area contributed by atoms with E-state index < -0.39 is 0 Å². The van der Waals surface area contributed by atoms with Gasteiger partial charge in [-0.2, -0.15) is 0 Å². The van der Waals surface area contributed by atoms with Crippen LogP contribution in [0.3, 0.4) is 0 Å². The Balaban J connectivity index is 1.67. The van der Waals surface area contributed by atoms with Gasteiger partial charge in [-0.15, -0.1) is 22.7 Å². The minimum atomic E-state index is -0.199. The number of aryl methyl sites for hydroxylation is 1. The smallest absolute Gasteiger partial charge is 0.275 e. The van der Waals surface area contributed by atoms with Gasteiger partial charge in [0.2, 0.25) is 0 Å². The van der Waals surface area contributed by atoms with E-state index in [9.17, 15) is 4.79 Å². The lowest BCUT2D eigenvalue weighted by atomic mass is 10.1. The number of anilines is 1. The number of imidazole rings is 1. The monoisotopic (exact) mass is 370 g/mol. The second kappa shape index (κ2) is 6.30. The van der Waals surface area contributed by atoms with Gasteiger partial charge >= 0.3 is 0 Å². The summed E-state index contributed by atoms with van der Waals surface area (Å²) in [6.45, 7) is 1.89. The lowest BCUT2D eigenvalue weighted by Gasteiger charge is -2.01. The molecule has 0 saturated carbocycles. The summed E-state index contributed by atoms with van der Waals surface area (Å²) in [7, 11) is 1.63. The van der Waals surface area contributed by atoms with Gasteiger partial charge < -0.3 is 4.74 Å². The zero-order chi connectivity index (χ0) is 17.4. The van der Waals surface area contributed by atoms with E-state index >= 15 is 0 Å². The molecule has 0 radical (unpaired) electrons. The number of fused-ring (bicyclic) bond motifs is 1. The second-order valence-corrected chi connectivity index (χ2v) is 7.07. The Hall–Kier alpha value is -2.71. The van der Waals surface area contributed by atoms with Crippen molar-refractivity contribution in [2.24, 2.45) is 0 Å². The van der Waals surface area contributed by atoms with E-state index in [1.54, 1.807) is 16.9 Å². The number of ether oxygens (including phenoxy) is 1. The predicted molar refractivity (Wildman–Crippen MR) is 99.9 cm³/mol. The average molecular weight is 370 g/mol. The SMILES string of the molecule is COc1cccc(-c2cn3c(C(=O)Nc4nc(C)cs4)csc3n2)c1. The van der Waals surface area contributed by atoms with Crippen molar-refractivity contribution in [3.05, 3.63) is 52.6 Å². The molecule has 1 aromatic carbocycles. The fraction of sp³-hybridized carbons (Fsp3) is 0.118. The topological polar surface area (TPSA) is 68.5 Å². The third-order valence-electron chi connectivity index (χ3n) is 3.65. The van der Waals surface area contributed by atoms with E-state index in [0.29, 0.717) is 10.8 Å². The summed E-state index contributed by atoms with van der Waals surface area (Å²) >= 11 is 2.83. The highest BCUT2D eigenvalue weighted by Crippen LogP contribution is 2.26. The molecule has 25 heavy (non-hydrogen) atoms. The molecule has 1 amide bonds. The highest BCUT2D eigenvalue weighted by molar-refractivity contribution is 7.15. The van der Waals surface area contributed by atoms with Crippen molar-refractivity contribution < 1.29 is 9.53 Å². The zero-order valence-electron chi connectivity index (χ0n) is 13.5. The van der Waals surface area contributed by atoms with E-state index in [2.05, 4.69) is 15.3 Å². The van der Waals surface area contributed by atoms with Gasteiger partial charge in [-0.25, -0.2) is 9.97 Å². The summed E-state index contributed by atoms with van der Waals surface area (Å²) in [5.41, 5.74) is 3.16. The van der Waals surface area contributed by atoms with Crippen molar-refractivity contribution in [3.63, 3.8) is 0 Å². The number of thiazole rings is 2. The van der Waals surface area contributed by atoms with Crippen LogP contribution in [-0.4, -0.2) is 27.4 Å². The number of nitrogens with zero attached hydrogens (tertiary/aromatic N) is 3. The molecule has 0 spiro atoms. The number of carbonyl (C=O) groups excluding carboxylic acids is 1. The number of benzene rings is 1. The lowest BCUT2D eigenvalue weighted by Crippen LogP contribution is -2.13. The summed E-state index contributed by atoms with van der Waals surface area (Å²) in [6.07, 6.45) is 1.86. The van der Waals surface area contributed by atoms with Gasteiger partial charge in [0, 0.05) is 22.5 Å². The first kappa shape index (κ1) is 15.8. The standard InChI is InChI=1S/C17H14N4O2S2/c1-10-8-24-16(18-10)20-15(22)14-9-25-17-19-13(7-21(14)17)11-4-3-5-12(6-11)23-2/h3-9H,1-2H3,(H,18,20,22). The lowest BCUT2D eigenvalue weighted by molar-refractivity contribution is 0.102. The molecule has 6 nitrogen and oxygen atoms in total. The molecular weight excluding hydrogens is 356 g/mol. The van der Waals surface area contributed by atoms with E-state index in [-0.39, 0.29) is 5.91 Å². The molecule has 8 heteroatoms. The highest BCUT2D eigenvalue weighted by Gasteiger charge is 2.16. The molecule has 1 N–H and O–H groups in total. The maximum absolute atomic E-state index is 12.5. The Morgan fingerprint density at radius 1 is 1.24 bits per heavy atom. The third kappa shape index (κ3) is 3.01. The first-order valence-corrected chi connectivity index (χ1v) is 9.24. The van der Waals surface area contributed by atoms with E-state index in [4.69, 9.17) is 4.74 Å². The maximum Gasteiger partial charge on any atom is 0.275 e. The fourth-order valence-corrected chi connectivity index (χ4v) is 3.98.